The van der Waals surface area contributed by atoms with Crippen LogP contribution in [0.5, 0.6) is 34.5 Å². The number of benzene rings is 8. The molecule has 8 N–H and O–H groups in total. The number of sulfonamides is 2. The van der Waals surface area contributed by atoms with Crippen LogP contribution in [-0.2, 0) is 110 Å². The maximum Gasteiger partial charge on any atom is 0.417 e. The molecular formula is C80H82F6N16O10S2. The Hall–Kier alpha value is -12.1. The van der Waals surface area contributed by atoms with Gasteiger partial charge in [0.1, 0.15) is 44.3 Å². The van der Waals surface area contributed by atoms with E-state index in [0.717, 1.165) is 26.3 Å². The molecule has 596 valence electrons. The molecule has 0 unspecified atom stereocenters. The number of nitrogens with zero attached hydrogens (tertiary/aromatic N) is 12. The van der Waals surface area contributed by atoms with E-state index in [2.05, 4.69) is 40.9 Å². The summed E-state index contributed by atoms with van der Waals surface area (Å²) < 4.78 is 187. The number of rotatable bonds is 32. The first-order valence-corrected chi connectivity index (χ1v) is 38.2. The summed E-state index contributed by atoms with van der Waals surface area (Å²) in [4.78, 5) is 7.86. The van der Waals surface area contributed by atoms with Crippen molar-refractivity contribution in [1.82, 2.24) is 59.0 Å². The first-order chi connectivity index (χ1) is 54.7. The number of ether oxygens (including phenoxy) is 6. The number of nitrogens with two attached hydrogens (primary N) is 4. The molecule has 12 rings (SSSR count). The van der Waals surface area contributed by atoms with Gasteiger partial charge in [-0.05, 0) is 194 Å². The van der Waals surface area contributed by atoms with Crippen molar-refractivity contribution in [3.63, 3.8) is 0 Å². The molecule has 0 aliphatic carbocycles. The summed E-state index contributed by atoms with van der Waals surface area (Å²) >= 11 is 0. The first kappa shape index (κ1) is 82.9. The Kier molecular flexibility index (Phi) is 26.6. The van der Waals surface area contributed by atoms with Gasteiger partial charge in [-0.2, -0.15) is 39.7 Å². The Balaban J connectivity index is 0.000000225. The van der Waals surface area contributed by atoms with E-state index in [9.17, 15) is 0 Å². The zero-order valence-corrected chi connectivity index (χ0v) is 64.4. The van der Waals surface area contributed by atoms with Gasteiger partial charge in [-0.15, -0.1) is 15.3 Å². The van der Waals surface area contributed by atoms with E-state index in [1.54, 1.807) is 170 Å². The number of alkyl halides is 6. The van der Waals surface area contributed by atoms with E-state index in [-0.39, 0.29) is 112 Å². The van der Waals surface area contributed by atoms with Crippen LogP contribution in [0.15, 0.2) is 204 Å². The van der Waals surface area contributed by atoms with Crippen LogP contribution in [0.1, 0.15) is 78.1 Å². The molecule has 0 atom stereocenters. The van der Waals surface area contributed by atoms with Crippen molar-refractivity contribution in [1.29, 1.82) is 0 Å². The molecule has 114 heavy (non-hydrogen) atoms. The number of halogens is 6. The van der Waals surface area contributed by atoms with Crippen molar-refractivity contribution in [3.8, 4) is 57.3 Å². The Labute approximate surface area is 654 Å². The molecule has 26 nitrogen and oxygen atoms in total. The summed E-state index contributed by atoms with van der Waals surface area (Å²) in [6, 6.07) is 47.9. The standard InChI is InChI=1S/2C40H41F3N8O5S/c1-54-31-13-5-26(6-14-31)23-50(24-27-7-15-32(55-2)16-8-27)57(52,53)38-34(40(41,42)43)19-12-30(11-4-29-20-35(45)36(21-44)46-22-29)37(38)39-47-48-49-51(39)25-28-9-17-33(56-3)18-10-28;1-54-31-13-5-26(6-14-31)23-50(24-27-7-15-32(55-2)16-8-27)57(52,53)38-34(40(41,42)43)19-12-30(11-4-29-20-35(45)36(21-44)46-22-29)37(38)39-47-49-51(48-39)25-28-9-17-33(56-3)18-10-28/h2*5-10,12-20,22H,4,11,21,23-25,44-45H2,1-3H3. The Bertz CT molecular complexity index is 5400. The highest BCUT2D eigenvalue weighted by atomic mass is 32.2. The minimum Gasteiger partial charge on any atom is -0.497 e. The van der Waals surface area contributed by atoms with Gasteiger partial charge in [-0.25, -0.2) is 21.5 Å². The minimum absolute atomic E-state index is 0.00388. The third-order valence-corrected chi connectivity index (χ3v) is 22.4. The number of methoxy groups -OCH3 is 6. The number of aryl methyl sites for hydroxylation is 4. The summed E-state index contributed by atoms with van der Waals surface area (Å²) in [5, 5.41) is 24.9. The Morgan fingerprint density at radius 3 is 1.07 bits per heavy atom. The molecule has 4 aromatic heterocycles. The molecule has 0 bridgehead atoms. The van der Waals surface area contributed by atoms with Crippen LogP contribution in [0.3, 0.4) is 0 Å². The topological polar surface area (TPSA) is 347 Å². The quantitative estimate of drug-likeness (QED) is 0.0285. The molecule has 12 aromatic rings. The zero-order valence-electron chi connectivity index (χ0n) is 62.8. The highest BCUT2D eigenvalue weighted by molar-refractivity contribution is 7.89. The van der Waals surface area contributed by atoms with Crippen LogP contribution >= 0.6 is 0 Å². The van der Waals surface area contributed by atoms with Crippen molar-refractivity contribution < 1.29 is 71.6 Å². The van der Waals surface area contributed by atoms with Crippen molar-refractivity contribution in [2.45, 2.75) is 100 Å². The average Bonchev–Trinajstić information content (AvgIpc) is 0.980. The maximum atomic E-state index is 15.3. The lowest BCUT2D eigenvalue weighted by Gasteiger charge is -2.27. The fraction of sp³-hybridized carbons (Fsp3) is 0.250. The molecule has 0 aliphatic rings. The molecule has 8 aromatic carbocycles. The fourth-order valence-corrected chi connectivity index (χ4v) is 16.2. The number of nitrogen functional groups attached to an aromatic ring is 2. The van der Waals surface area contributed by atoms with Crippen molar-refractivity contribution in [2.24, 2.45) is 11.5 Å². The van der Waals surface area contributed by atoms with Crippen molar-refractivity contribution in [2.75, 3.05) is 54.1 Å². The number of hydrogen-bond acceptors (Lipinski definition) is 22. The third kappa shape index (κ3) is 20.0. The summed E-state index contributed by atoms with van der Waals surface area (Å²) in [5.41, 5.74) is 27.4. The molecular weight excluding hydrogens is 1520 g/mol. The second-order valence-corrected chi connectivity index (χ2v) is 29.8. The van der Waals surface area contributed by atoms with Gasteiger partial charge in [-0.1, -0.05) is 84.9 Å². The van der Waals surface area contributed by atoms with E-state index in [0.29, 0.717) is 96.2 Å². The highest BCUT2D eigenvalue weighted by Gasteiger charge is 2.45. The van der Waals surface area contributed by atoms with Gasteiger partial charge in [0.05, 0.1) is 89.6 Å². The summed E-state index contributed by atoms with van der Waals surface area (Å²) in [5.74, 6) is 2.84. The fourth-order valence-electron chi connectivity index (χ4n) is 12.6. The van der Waals surface area contributed by atoms with E-state index in [1.807, 2.05) is 0 Å². The molecule has 0 radical (unpaired) electrons. The van der Waals surface area contributed by atoms with E-state index in [4.69, 9.17) is 51.4 Å². The SMILES string of the molecule is COc1ccc(CN(Cc2ccc(OC)cc2)S(=O)(=O)c2c(C(F)(F)F)ccc(CCc3cnc(CN)c(N)c3)c2-c2nnn(Cc3ccc(OC)cc3)n2)cc1.COc1ccc(CN(Cc2ccc(OC)cc2)S(=O)(=O)c2c(C(F)(F)F)ccc(CCc3cnc(CN)c(N)c3)c2-c2nnnn2Cc2ccc(OC)cc2)cc1. The van der Waals surface area contributed by atoms with Crippen LogP contribution in [0.4, 0.5) is 37.7 Å². The van der Waals surface area contributed by atoms with Crippen LogP contribution in [0, 0.1) is 0 Å². The van der Waals surface area contributed by atoms with Crippen LogP contribution in [-0.4, -0.2) is 118 Å². The number of anilines is 2. The van der Waals surface area contributed by atoms with E-state index in [1.165, 1.54) is 64.3 Å². The second kappa shape index (κ2) is 36.6. The predicted octanol–water partition coefficient (Wildman–Crippen LogP) is 12.1. The molecule has 0 amide bonds. The first-order valence-electron chi connectivity index (χ1n) is 35.3. The average molecular weight is 1610 g/mol. The smallest absolute Gasteiger partial charge is 0.417 e. The number of aromatic nitrogens is 10. The van der Waals surface area contributed by atoms with Gasteiger partial charge < -0.3 is 51.4 Å². The van der Waals surface area contributed by atoms with Gasteiger partial charge in [0, 0.05) is 62.8 Å². The van der Waals surface area contributed by atoms with Gasteiger partial charge in [-0.3, -0.25) is 9.97 Å². The summed E-state index contributed by atoms with van der Waals surface area (Å²) in [6.07, 6.45) is -6.42. The Morgan fingerprint density at radius 2 is 0.737 bits per heavy atom. The summed E-state index contributed by atoms with van der Waals surface area (Å²) in [7, 11) is -1.04. The largest absolute Gasteiger partial charge is 0.497 e. The van der Waals surface area contributed by atoms with E-state index < -0.39 is 53.3 Å². The van der Waals surface area contributed by atoms with Crippen LogP contribution < -0.4 is 51.4 Å². The molecule has 0 aliphatic heterocycles. The molecule has 4 heterocycles. The van der Waals surface area contributed by atoms with Gasteiger partial charge in [0.2, 0.25) is 25.9 Å². The van der Waals surface area contributed by atoms with Crippen LogP contribution in [0.25, 0.3) is 22.8 Å². The molecule has 0 fully saturated rings. The molecule has 0 saturated carbocycles. The van der Waals surface area contributed by atoms with Crippen LogP contribution in [0.2, 0.25) is 0 Å². The number of hydrogen-bond donors (Lipinski definition) is 4. The minimum atomic E-state index is -5.10. The van der Waals surface area contributed by atoms with Crippen molar-refractivity contribution in [3.05, 3.63) is 273 Å². The highest BCUT2D eigenvalue weighted by Crippen LogP contribution is 2.45. The molecule has 0 saturated heterocycles. The second-order valence-electron chi connectivity index (χ2n) is 26.1. The van der Waals surface area contributed by atoms with Crippen molar-refractivity contribution >= 4 is 31.4 Å². The van der Waals surface area contributed by atoms with E-state index >= 15 is 43.2 Å². The maximum absolute atomic E-state index is 15.3. The lowest BCUT2D eigenvalue weighted by molar-refractivity contribution is -0.140. The third-order valence-electron chi connectivity index (χ3n) is 18.6. The van der Waals surface area contributed by atoms with Gasteiger partial charge >= 0.3 is 12.4 Å². The summed E-state index contributed by atoms with van der Waals surface area (Å²) in [6.45, 7) is -0.792. The molecule has 34 heteroatoms. The number of tetrazole rings is 2. The lowest BCUT2D eigenvalue weighted by atomic mass is 9.97. The zero-order chi connectivity index (χ0) is 81.5. The normalized spacial score (nSPS) is 11.9. The lowest BCUT2D eigenvalue weighted by Crippen LogP contribution is -2.33. The Morgan fingerprint density at radius 1 is 0.404 bits per heavy atom. The predicted molar refractivity (Wildman–Crippen MR) is 413 cm³/mol. The monoisotopic (exact) mass is 1600 g/mol. The van der Waals surface area contributed by atoms with Gasteiger partial charge in [0.25, 0.3) is 0 Å². The number of pyridine rings is 2. The van der Waals surface area contributed by atoms with Gasteiger partial charge in [0.15, 0.2) is 5.82 Å². The molecule has 0 spiro atoms.